The van der Waals surface area contributed by atoms with Crippen molar-refractivity contribution in [3.63, 3.8) is 0 Å². The molecule has 0 unspecified atom stereocenters. The average molecular weight is 211 g/mol. The summed E-state index contributed by atoms with van der Waals surface area (Å²) in [4.78, 5) is 6.94. The van der Waals surface area contributed by atoms with Crippen LogP contribution in [-0.2, 0) is 0 Å². The van der Waals surface area contributed by atoms with Crippen molar-refractivity contribution in [1.29, 1.82) is 0 Å². The maximum atomic E-state index is 5.88. The number of nitrogens with two attached hydrogens (primary N) is 1. The minimum absolute atomic E-state index is 0.0215. The molecule has 0 aromatic carbocycles. The van der Waals surface area contributed by atoms with E-state index in [1.807, 2.05) is 0 Å². The van der Waals surface area contributed by atoms with Gasteiger partial charge in [-0.05, 0) is 38.9 Å². The first-order valence-electron chi connectivity index (χ1n) is 6.03. The van der Waals surface area contributed by atoms with Crippen LogP contribution >= 0.6 is 0 Å². The van der Waals surface area contributed by atoms with Crippen LogP contribution in [0.25, 0.3) is 0 Å². The maximum Gasteiger partial charge on any atom is 0.0991 e. The molecule has 0 aromatic heterocycles. The minimum atomic E-state index is 0.0215. The topological polar surface area (TPSA) is 41.6 Å². The van der Waals surface area contributed by atoms with E-state index in [1.165, 1.54) is 32.5 Å². The second-order valence-electron chi connectivity index (χ2n) is 5.42. The van der Waals surface area contributed by atoms with Gasteiger partial charge in [0.1, 0.15) is 0 Å². The molecule has 1 fully saturated rings. The monoisotopic (exact) mass is 211 g/mol. The first-order valence-corrected chi connectivity index (χ1v) is 6.03. The largest absolute Gasteiger partial charge is 0.387 e. The Morgan fingerprint density at radius 1 is 1.27 bits per heavy atom. The van der Waals surface area contributed by atoms with Crippen molar-refractivity contribution in [3.8, 4) is 0 Å². The van der Waals surface area contributed by atoms with E-state index >= 15 is 0 Å². The van der Waals surface area contributed by atoms with Crippen molar-refractivity contribution in [2.45, 2.75) is 40.0 Å². The summed E-state index contributed by atoms with van der Waals surface area (Å²) in [5.74, 6) is 0.781. The number of hydrogen-bond acceptors (Lipinski definition) is 2. The molecule has 1 heterocycles. The highest BCUT2D eigenvalue weighted by atomic mass is 15.1. The van der Waals surface area contributed by atoms with Gasteiger partial charge in [-0.2, -0.15) is 0 Å². The van der Waals surface area contributed by atoms with Crippen molar-refractivity contribution in [2.24, 2.45) is 16.1 Å². The molecular formula is C12H25N3. The molecule has 3 heteroatoms. The van der Waals surface area contributed by atoms with E-state index in [4.69, 9.17) is 5.73 Å². The Morgan fingerprint density at radius 3 is 2.40 bits per heavy atom. The van der Waals surface area contributed by atoms with Gasteiger partial charge in [0.2, 0.25) is 0 Å². The molecule has 15 heavy (non-hydrogen) atoms. The second-order valence-corrected chi connectivity index (χ2v) is 5.42. The predicted molar refractivity (Wildman–Crippen MR) is 66.2 cm³/mol. The summed E-state index contributed by atoms with van der Waals surface area (Å²) in [7, 11) is 0. The summed E-state index contributed by atoms with van der Waals surface area (Å²) in [6.07, 6.45) is 3.87. The fraction of sp³-hybridized carbons (Fsp3) is 0.917. The van der Waals surface area contributed by atoms with E-state index in [1.54, 1.807) is 0 Å². The quantitative estimate of drug-likeness (QED) is 0.438. The summed E-state index contributed by atoms with van der Waals surface area (Å²) in [6, 6.07) is 0. The van der Waals surface area contributed by atoms with Crippen LogP contribution in [-0.4, -0.2) is 36.9 Å². The molecule has 1 aliphatic rings. The Balaban J connectivity index is 2.15. The zero-order valence-corrected chi connectivity index (χ0v) is 10.4. The van der Waals surface area contributed by atoms with Crippen molar-refractivity contribution in [1.82, 2.24) is 4.90 Å². The van der Waals surface area contributed by atoms with Crippen molar-refractivity contribution < 1.29 is 0 Å². The van der Waals surface area contributed by atoms with Crippen molar-refractivity contribution >= 4 is 5.84 Å². The van der Waals surface area contributed by atoms with Crippen LogP contribution in [0.15, 0.2) is 4.99 Å². The molecule has 1 aliphatic heterocycles. The highest BCUT2D eigenvalue weighted by Crippen LogP contribution is 2.12. The average Bonchev–Trinajstić information content (AvgIpc) is 2.63. The smallest absolute Gasteiger partial charge is 0.0991 e. The van der Waals surface area contributed by atoms with Gasteiger partial charge in [0.15, 0.2) is 0 Å². The lowest BCUT2D eigenvalue weighted by molar-refractivity contribution is 0.336. The fourth-order valence-electron chi connectivity index (χ4n) is 1.74. The van der Waals surface area contributed by atoms with Crippen molar-refractivity contribution in [2.75, 3.05) is 26.2 Å². The van der Waals surface area contributed by atoms with Crippen LogP contribution in [0, 0.1) is 5.41 Å². The van der Waals surface area contributed by atoms with Crippen LogP contribution < -0.4 is 5.73 Å². The Bertz CT molecular complexity index is 209. The fourth-order valence-corrected chi connectivity index (χ4v) is 1.74. The van der Waals surface area contributed by atoms with Gasteiger partial charge in [-0.25, -0.2) is 0 Å². The molecule has 0 bridgehead atoms. The van der Waals surface area contributed by atoms with Crippen LogP contribution in [0.4, 0.5) is 0 Å². The highest BCUT2D eigenvalue weighted by molar-refractivity contribution is 5.85. The van der Waals surface area contributed by atoms with Crippen LogP contribution in [0.3, 0.4) is 0 Å². The summed E-state index contributed by atoms with van der Waals surface area (Å²) >= 11 is 0. The number of rotatable bonds is 4. The zero-order chi connectivity index (χ0) is 11.3. The molecule has 0 aromatic rings. The highest BCUT2D eigenvalue weighted by Gasteiger charge is 2.15. The van der Waals surface area contributed by atoms with E-state index in [0.717, 1.165) is 18.8 Å². The van der Waals surface area contributed by atoms with Gasteiger partial charge >= 0.3 is 0 Å². The normalized spacial score (nSPS) is 19.8. The molecular weight excluding hydrogens is 186 g/mol. The van der Waals surface area contributed by atoms with E-state index in [2.05, 4.69) is 30.7 Å². The van der Waals surface area contributed by atoms with Gasteiger partial charge in [0, 0.05) is 12.0 Å². The molecule has 0 saturated carbocycles. The van der Waals surface area contributed by atoms with Crippen LogP contribution in [0.5, 0.6) is 0 Å². The third kappa shape index (κ3) is 4.65. The zero-order valence-electron chi connectivity index (χ0n) is 10.4. The molecule has 1 saturated heterocycles. The number of hydrogen-bond donors (Lipinski definition) is 1. The molecule has 3 nitrogen and oxygen atoms in total. The molecule has 0 radical (unpaired) electrons. The Labute approximate surface area is 93.7 Å². The lowest BCUT2D eigenvalue weighted by Gasteiger charge is -2.18. The number of nitrogens with zero attached hydrogens (tertiary/aromatic N) is 2. The summed E-state index contributed by atoms with van der Waals surface area (Å²) in [5.41, 5.74) is 5.90. The molecule has 0 spiro atoms. The molecule has 0 aliphatic carbocycles. The molecule has 0 amide bonds. The summed E-state index contributed by atoms with van der Waals surface area (Å²) in [6.45, 7) is 10.9. The summed E-state index contributed by atoms with van der Waals surface area (Å²) in [5, 5.41) is 0. The summed E-state index contributed by atoms with van der Waals surface area (Å²) < 4.78 is 0. The van der Waals surface area contributed by atoms with Crippen molar-refractivity contribution in [3.05, 3.63) is 0 Å². The third-order valence-electron chi connectivity index (χ3n) is 2.88. The van der Waals surface area contributed by atoms with E-state index < -0.39 is 0 Å². The number of likely N-dealkylation sites (tertiary alicyclic amines) is 1. The first kappa shape index (κ1) is 12.5. The van der Waals surface area contributed by atoms with Gasteiger partial charge in [0.05, 0.1) is 5.84 Å². The van der Waals surface area contributed by atoms with Gasteiger partial charge in [0.25, 0.3) is 0 Å². The van der Waals surface area contributed by atoms with E-state index in [-0.39, 0.29) is 5.41 Å². The molecule has 88 valence electrons. The maximum absolute atomic E-state index is 5.88. The number of aliphatic imine (C=N–C) groups is 1. The second kappa shape index (κ2) is 5.50. The molecule has 1 rings (SSSR count). The Hall–Kier alpha value is -0.570. The predicted octanol–water partition coefficient (Wildman–Crippen LogP) is 1.88. The Morgan fingerprint density at radius 2 is 1.87 bits per heavy atom. The molecule has 0 atom stereocenters. The van der Waals surface area contributed by atoms with E-state index in [0.29, 0.717) is 0 Å². The molecule has 2 N–H and O–H groups in total. The minimum Gasteiger partial charge on any atom is -0.387 e. The van der Waals surface area contributed by atoms with Gasteiger partial charge in [-0.3, -0.25) is 4.99 Å². The SMILES string of the molecule is CC(C)(C)C(N)=NCCCN1CCCC1. The first-order chi connectivity index (χ1) is 7.00. The van der Waals surface area contributed by atoms with Crippen LogP contribution in [0.2, 0.25) is 0 Å². The van der Waals surface area contributed by atoms with Gasteiger partial charge in [-0.1, -0.05) is 20.8 Å². The van der Waals surface area contributed by atoms with Gasteiger partial charge in [-0.15, -0.1) is 0 Å². The van der Waals surface area contributed by atoms with E-state index in [9.17, 15) is 0 Å². The third-order valence-corrected chi connectivity index (χ3v) is 2.88. The Kier molecular flexibility index (Phi) is 4.58. The lowest BCUT2D eigenvalue weighted by atomic mass is 9.95. The standard InChI is InChI=1S/C12H25N3/c1-12(2,3)11(13)14-7-6-10-15-8-4-5-9-15/h4-10H2,1-3H3,(H2,13,14). The number of amidine groups is 1. The van der Waals surface area contributed by atoms with Gasteiger partial charge < -0.3 is 10.6 Å². The lowest BCUT2D eigenvalue weighted by Crippen LogP contribution is -2.29. The van der Waals surface area contributed by atoms with Crippen LogP contribution in [0.1, 0.15) is 40.0 Å².